The predicted molar refractivity (Wildman–Crippen MR) is 121 cm³/mol. The number of hydrogen-bond acceptors (Lipinski definition) is 5. The molecular weight excluding hydrogens is 456 g/mol. The Morgan fingerprint density at radius 2 is 1.97 bits per heavy atom. The van der Waals surface area contributed by atoms with Crippen LogP contribution in [0.15, 0.2) is 70.9 Å². The molecule has 0 aliphatic carbocycles. The number of halogens is 1. The number of carbonyl (C=O) groups is 1. The van der Waals surface area contributed by atoms with Gasteiger partial charge < -0.3 is 9.64 Å². The minimum absolute atomic E-state index is 0.0671. The van der Waals surface area contributed by atoms with Gasteiger partial charge in [-0.2, -0.15) is 0 Å². The highest BCUT2D eigenvalue weighted by Gasteiger charge is 2.27. The smallest absolute Gasteiger partial charge is 0.254 e. The maximum absolute atomic E-state index is 13.1. The zero-order valence-corrected chi connectivity index (χ0v) is 18.9. The molecule has 1 aliphatic heterocycles. The Hall–Kier alpha value is -2.23. The fourth-order valence-corrected chi connectivity index (χ4v) is 5.27. The van der Waals surface area contributed by atoms with Gasteiger partial charge in [0.15, 0.2) is 0 Å². The molecule has 0 spiro atoms. The van der Waals surface area contributed by atoms with Gasteiger partial charge in [-0.05, 0) is 47.3 Å². The van der Waals surface area contributed by atoms with E-state index in [1.807, 2.05) is 29.6 Å². The van der Waals surface area contributed by atoms with Crippen LogP contribution in [0, 0.1) is 0 Å². The fourth-order valence-electron chi connectivity index (χ4n) is 3.35. The highest BCUT2D eigenvalue weighted by molar-refractivity contribution is 7.89. The van der Waals surface area contributed by atoms with Crippen LogP contribution in [0.2, 0.25) is 5.02 Å². The molecular formula is C22H21ClN2O4S2. The first-order chi connectivity index (χ1) is 14.9. The number of nitrogens with one attached hydrogen (secondary N) is 1. The maximum Gasteiger partial charge on any atom is 0.254 e. The van der Waals surface area contributed by atoms with E-state index in [9.17, 15) is 13.2 Å². The maximum atomic E-state index is 13.1. The highest BCUT2D eigenvalue weighted by Crippen LogP contribution is 2.25. The Morgan fingerprint density at radius 1 is 1.16 bits per heavy atom. The molecule has 1 aliphatic rings. The first-order valence-electron chi connectivity index (χ1n) is 9.71. The summed E-state index contributed by atoms with van der Waals surface area (Å²) >= 11 is 7.43. The van der Waals surface area contributed by atoms with Crippen molar-refractivity contribution in [2.45, 2.75) is 17.5 Å². The van der Waals surface area contributed by atoms with Crippen LogP contribution in [-0.2, 0) is 21.3 Å². The molecule has 9 heteroatoms. The molecule has 2 heterocycles. The zero-order valence-electron chi connectivity index (χ0n) is 16.5. The van der Waals surface area contributed by atoms with Crippen LogP contribution in [0.1, 0.15) is 26.9 Å². The van der Waals surface area contributed by atoms with Crippen molar-refractivity contribution in [2.24, 2.45) is 0 Å². The summed E-state index contributed by atoms with van der Waals surface area (Å²) in [5.41, 5.74) is 1.27. The second kappa shape index (κ2) is 9.50. The van der Waals surface area contributed by atoms with Crippen molar-refractivity contribution in [3.63, 3.8) is 0 Å². The van der Waals surface area contributed by atoms with Gasteiger partial charge in [0.25, 0.3) is 5.91 Å². The van der Waals surface area contributed by atoms with Crippen molar-refractivity contribution in [1.82, 2.24) is 9.62 Å². The Kier molecular flexibility index (Phi) is 6.74. The van der Waals surface area contributed by atoms with E-state index in [0.717, 1.165) is 10.4 Å². The molecule has 0 bridgehead atoms. The van der Waals surface area contributed by atoms with Gasteiger partial charge in [0, 0.05) is 28.6 Å². The zero-order chi connectivity index (χ0) is 21.8. The number of benzene rings is 2. The number of carbonyl (C=O) groups excluding carboxylic acids is 1. The normalized spacial score (nSPS) is 16.9. The van der Waals surface area contributed by atoms with Crippen LogP contribution in [0.5, 0.6) is 0 Å². The van der Waals surface area contributed by atoms with E-state index >= 15 is 0 Å². The van der Waals surface area contributed by atoms with Crippen molar-refractivity contribution in [2.75, 3.05) is 19.7 Å². The Morgan fingerprint density at radius 3 is 2.71 bits per heavy atom. The highest BCUT2D eigenvalue weighted by atomic mass is 35.5. The molecule has 0 saturated carbocycles. The molecule has 2 aromatic carbocycles. The fraction of sp³-hybridized carbons (Fsp3) is 0.227. The molecule has 1 saturated heterocycles. The summed E-state index contributed by atoms with van der Waals surface area (Å²) in [6, 6.07) is 17.2. The van der Waals surface area contributed by atoms with E-state index in [4.69, 9.17) is 16.3 Å². The van der Waals surface area contributed by atoms with Crippen molar-refractivity contribution < 1.29 is 17.9 Å². The van der Waals surface area contributed by atoms with Crippen LogP contribution in [0.25, 0.3) is 0 Å². The molecule has 31 heavy (non-hydrogen) atoms. The van der Waals surface area contributed by atoms with Gasteiger partial charge in [-0.15, -0.1) is 11.3 Å². The Balaban J connectivity index is 1.47. The number of hydrogen-bond donors (Lipinski definition) is 1. The van der Waals surface area contributed by atoms with Gasteiger partial charge in [-0.1, -0.05) is 35.9 Å². The van der Waals surface area contributed by atoms with Crippen LogP contribution in [0.3, 0.4) is 0 Å². The lowest BCUT2D eigenvalue weighted by Gasteiger charge is -2.33. The topological polar surface area (TPSA) is 75.7 Å². The van der Waals surface area contributed by atoms with E-state index in [1.54, 1.807) is 29.2 Å². The average Bonchev–Trinajstić information content (AvgIpc) is 3.32. The van der Waals surface area contributed by atoms with Gasteiger partial charge >= 0.3 is 0 Å². The third kappa shape index (κ3) is 5.34. The molecule has 1 amide bonds. The molecule has 1 fully saturated rings. The molecule has 162 valence electrons. The second-order valence-electron chi connectivity index (χ2n) is 7.09. The third-order valence-corrected chi connectivity index (χ3v) is 7.53. The number of thiophene rings is 1. The molecule has 1 N–H and O–H groups in total. The van der Waals surface area contributed by atoms with E-state index < -0.39 is 10.0 Å². The molecule has 0 radical (unpaired) electrons. The standard InChI is InChI=1S/C22H21ClN2O4S2/c23-18-8-6-16(7-9-18)21-15-25(10-11-29-21)22(26)17-3-1-5-20(13-17)31(27,28)24-14-19-4-2-12-30-19/h1-9,12-13,21,24H,10-11,14-15H2. The number of sulfonamides is 1. The molecule has 1 atom stereocenters. The minimum atomic E-state index is -3.73. The number of morpholine rings is 1. The summed E-state index contributed by atoms with van der Waals surface area (Å²) in [5.74, 6) is -0.224. The van der Waals surface area contributed by atoms with Gasteiger partial charge in [0.1, 0.15) is 6.10 Å². The Bertz CT molecular complexity index is 1150. The first kappa shape index (κ1) is 22.0. The quantitative estimate of drug-likeness (QED) is 0.581. The molecule has 3 aromatic rings. The van der Waals surface area contributed by atoms with E-state index in [-0.39, 0.29) is 23.5 Å². The number of ether oxygens (including phenoxy) is 1. The number of amides is 1. The van der Waals surface area contributed by atoms with Gasteiger partial charge in [-0.3, -0.25) is 4.79 Å². The van der Waals surface area contributed by atoms with Crippen molar-refractivity contribution >= 4 is 38.9 Å². The van der Waals surface area contributed by atoms with E-state index in [2.05, 4.69) is 4.72 Å². The summed E-state index contributed by atoms with van der Waals surface area (Å²) in [6.07, 6.45) is -0.255. The third-order valence-electron chi connectivity index (χ3n) is 5.00. The van der Waals surface area contributed by atoms with Crippen LogP contribution >= 0.6 is 22.9 Å². The van der Waals surface area contributed by atoms with Crippen LogP contribution in [-0.4, -0.2) is 38.9 Å². The van der Waals surface area contributed by atoms with Crippen LogP contribution < -0.4 is 4.72 Å². The summed E-state index contributed by atoms with van der Waals surface area (Å²) in [5, 5.41) is 2.53. The molecule has 1 unspecified atom stereocenters. The Labute approximate surface area is 190 Å². The first-order valence-corrected chi connectivity index (χ1v) is 12.4. The SMILES string of the molecule is O=C(c1cccc(S(=O)(=O)NCc2cccs2)c1)N1CCOC(c2ccc(Cl)cc2)C1. The van der Waals surface area contributed by atoms with E-state index in [1.165, 1.54) is 23.5 Å². The lowest BCUT2D eigenvalue weighted by Crippen LogP contribution is -2.42. The molecule has 4 rings (SSSR count). The lowest BCUT2D eigenvalue weighted by atomic mass is 10.1. The summed E-state index contributed by atoms with van der Waals surface area (Å²) < 4.78 is 33.8. The predicted octanol–water partition coefficient (Wildman–Crippen LogP) is 4.09. The van der Waals surface area contributed by atoms with Gasteiger partial charge in [-0.25, -0.2) is 13.1 Å². The summed E-state index contributed by atoms with van der Waals surface area (Å²) in [4.78, 5) is 15.8. The monoisotopic (exact) mass is 476 g/mol. The van der Waals surface area contributed by atoms with Crippen molar-refractivity contribution in [1.29, 1.82) is 0 Å². The average molecular weight is 477 g/mol. The van der Waals surface area contributed by atoms with Crippen molar-refractivity contribution in [3.05, 3.63) is 87.1 Å². The second-order valence-corrected chi connectivity index (χ2v) is 10.3. The summed E-state index contributed by atoms with van der Waals surface area (Å²) in [7, 11) is -3.73. The number of nitrogens with zero attached hydrogens (tertiary/aromatic N) is 1. The van der Waals surface area contributed by atoms with Gasteiger partial charge in [0.05, 0.1) is 18.0 Å². The largest absolute Gasteiger partial charge is 0.370 e. The minimum Gasteiger partial charge on any atom is -0.370 e. The van der Waals surface area contributed by atoms with Crippen molar-refractivity contribution in [3.8, 4) is 0 Å². The number of rotatable bonds is 6. The molecule has 6 nitrogen and oxygen atoms in total. The van der Waals surface area contributed by atoms with Crippen LogP contribution in [0.4, 0.5) is 0 Å². The molecule has 1 aromatic heterocycles. The summed E-state index contributed by atoms with van der Waals surface area (Å²) in [6.45, 7) is 1.44. The van der Waals surface area contributed by atoms with E-state index in [0.29, 0.717) is 30.3 Å². The van der Waals surface area contributed by atoms with Gasteiger partial charge in [0.2, 0.25) is 10.0 Å². The lowest BCUT2D eigenvalue weighted by molar-refractivity contribution is -0.0228.